The molecule has 7 nitrogen and oxygen atoms in total. The topological polar surface area (TPSA) is 111 Å². The van der Waals surface area contributed by atoms with E-state index in [0.29, 0.717) is 0 Å². The van der Waals surface area contributed by atoms with Gasteiger partial charge in [0.25, 0.3) is 5.91 Å². The minimum absolute atomic E-state index is 0.0374. The van der Waals surface area contributed by atoms with E-state index in [1.165, 1.54) is 18.2 Å². The van der Waals surface area contributed by atoms with Crippen LogP contribution in [-0.2, 0) is 6.54 Å². The Bertz CT molecular complexity index is 683. The second-order valence-corrected chi connectivity index (χ2v) is 4.49. The van der Waals surface area contributed by atoms with Gasteiger partial charge in [-0.1, -0.05) is 12.1 Å². The predicted molar refractivity (Wildman–Crippen MR) is 77.7 cm³/mol. The number of pyridine rings is 1. The SMILES string of the molecule is Cc1ccc(CNC(=O)c2cccc(N)c2[N+](=O)[O-])cn1. The second kappa shape index (κ2) is 6.00. The first-order chi connectivity index (χ1) is 9.99. The number of para-hydroxylation sites is 1. The number of aromatic nitrogens is 1. The number of nitrogens with two attached hydrogens (primary N) is 1. The Balaban J connectivity index is 2.16. The number of amides is 1. The van der Waals surface area contributed by atoms with E-state index in [-0.39, 0.29) is 23.5 Å². The number of nitro groups is 1. The fraction of sp³-hybridized carbons (Fsp3) is 0.143. The van der Waals surface area contributed by atoms with Gasteiger partial charge in [-0.25, -0.2) is 0 Å². The summed E-state index contributed by atoms with van der Waals surface area (Å²) in [5.74, 6) is -0.547. The van der Waals surface area contributed by atoms with E-state index in [4.69, 9.17) is 5.73 Å². The third kappa shape index (κ3) is 3.33. The van der Waals surface area contributed by atoms with E-state index in [1.807, 2.05) is 19.1 Å². The summed E-state index contributed by atoms with van der Waals surface area (Å²) in [6.45, 7) is 2.09. The molecule has 0 aliphatic carbocycles. The van der Waals surface area contributed by atoms with E-state index in [0.717, 1.165) is 11.3 Å². The highest BCUT2D eigenvalue weighted by molar-refractivity contribution is 6.00. The van der Waals surface area contributed by atoms with Crippen molar-refractivity contribution in [3.8, 4) is 0 Å². The summed E-state index contributed by atoms with van der Waals surface area (Å²) in [5, 5.41) is 13.6. The van der Waals surface area contributed by atoms with Crippen molar-refractivity contribution >= 4 is 17.3 Å². The number of anilines is 1. The van der Waals surface area contributed by atoms with Crippen molar-refractivity contribution in [3.05, 3.63) is 63.5 Å². The van der Waals surface area contributed by atoms with E-state index in [1.54, 1.807) is 6.20 Å². The maximum absolute atomic E-state index is 12.1. The van der Waals surface area contributed by atoms with Crippen LogP contribution in [0, 0.1) is 17.0 Å². The van der Waals surface area contributed by atoms with Crippen molar-refractivity contribution in [2.24, 2.45) is 0 Å². The zero-order valence-electron chi connectivity index (χ0n) is 11.4. The van der Waals surface area contributed by atoms with Gasteiger partial charge in [0.2, 0.25) is 0 Å². The van der Waals surface area contributed by atoms with Gasteiger partial charge in [-0.15, -0.1) is 0 Å². The van der Waals surface area contributed by atoms with Crippen LogP contribution in [0.1, 0.15) is 21.6 Å². The number of rotatable bonds is 4. The molecule has 3 N–H and O–H groups in total. The van der Waals surface area contributed by atoms with Crippen molar-refractivity contribution in [2.75, 3.05) is 5.73 Å². The highest BCUT2D eigenvalue weighted by Crippen LogP contribution is 2.25. The van der Waals surface area contributed by atoms with Crippen LogP contribution in [0.2, 0.25) is 0 Å². The minimum atomic E-state index is -0.655. The molecular weight excluding hydrogens is 272 g/mol. The Labute approximate surface area is 121 Å². The van der Waals surface area contributed by atoms with Gasteiger partial charge >= 0.3 is 5.69 Å². The van der Waals surface area contributed by atoms with E-state index in [2.05, 4.69) is 10.3 Å². The number of hydrogen-bond donors (Lipinski definition) is 2. The summed E-state index contributed by atoms with van der Waals surface area (Å²) in [6.07, 6.45) is 1.64. The standard InChI is InChI=1S/C14H14N4O3/c1-9-5-6-10(7-16-9)8-17-14(19)11-3-2-4-12(15)13(11)18(20)21/h2-7H,8,15H2,1H3,(H,17,19). The molecule has 2 aromatic rings. The summed E-state index contributed by atoms with van der Waals surface area (Å²) >= 11 is 0. The maximum atomic E-state index is 12.1. The summed E-state index contributed by atoms with van der Waals surface area (Å²) in [5.41, 5.74) is 6.76. The molecule has 0 unspecified atom stereocenters. The third-order valence-corrected chi connectivity index (χ3v) is 2.92. The van der Waals surface area contributed by atoms with Gasteiger partial charge in [-0.3, -0.25) is 19.9 Å². The van der Waals surface area contributed by atoms with Crippen LogP contribution in [0.5, 0.6) is 0 Å². The lowest BCUT2D eigenvalue weighted by molar-refractivity contribution is -0.384. The smallest absolute Gasteiger partial charge is 0.304 e. The van der Waals surface area contributed by atoms with Gasteiger partial charge in [0, 0.05) is 18.4 Å². The number of carbonyl (C=O) groups excluding carboxylic acids is 1. The van der Waals surface area contributed by atoms with Crippen LogP contribution in [-0.4, -0.2) is 15.8 Å². The van der Waals surface area contributed by atoms with Crippen molar-refractivity contribution in [1.29, 1.82) is 0 Å². The molecule has 1 aromatic carbocycles. The van der Waals surface area contributed by atoms with Crippen LogP contribution >= 0.6 is 0 Å². The van der Waals surface area contributed by atoms with Gasteiger partial charge < -0.3 is 11.1 Å². The Morgan fingerprint density at radius 1 is 1.38 bits per heavy atom. The Morgan fingerprint density at radius 2 is 2.14 bits per heavy atom. The quantitative estimate of drug-likeness (QED) is 0.506. The molecule has 0 atom stereocenters. The van der Waals surface area contributed by atoms with Gasteiger partial charge in [0.1, 0.15) is 11.3 Å². The number of benzene rings is 1. The third-order valence-electron chi connectivity index (χ3n) is 2.92. The predicted octanol–water partition coefficient (Wildman–Crippen LogP) is 1.81. The molecule has 2 rings (SSSR count). The Hall–Kier alpha value is -2.96. The molecule has 0 spiro atoms. The number of carbonyl (C=O) groups is 1. The first-order valence-electron chi connectivity index (χ1n) is 6.21. The highest BCUT2D eigenvalue weighted by atomic mass is 16.6. The second-order valence-electron chi connectivity index (χ2n) is 4.49. The molecule has 21 heavy (non-hydrogen) atoms. The van der Waals surface area contributed by atoms with Crippen LogP contribution < -0.4 is 11.1 Å². The first-order valence-corrected chi connectivity index (χ1v) is 6.21. The average Bonchev–Trinajstić information content (AvgIpc) is 2.45. The summed E-state index contributed by atoms with van der Waals surface area (Å²) < 4.78 is 0. The van der Waals surface area contributed by atoms with Crippen LogP contribution in [0.4, 0.5) is 11.4 Å². The largest absolute Gasteiger partial charge is 0.393 e. The maximum Gasteiger partial charge on any atom is 0.304 e. The van der Waals surface area contributed by atoms with Crippen LogP contribution in [0.15, 0.2) is 36.5 Å². The number of aryl methyl sites for hydroxylation is 1. The molecule has 0 saturated carbocycles. The molecule has 1 amide bonds. The number of nitrogens with zero attached hydrogens (tertiary/aromatic N) is 2. The zero-order chi connectivity index (χ0) is 15.4. The lowest BCUT2D eigenvalue weighted by Crippen LogP contribution is -2.24. The van der Waals surface area contributed by atoms with Crippen LogP contribution in [0.3, 0.4) is 0 Å². The van der Waals surface area contributed by atoms with E-state index in [9.17, 15) is 14.9 Å². The monoisotopic (exact) mass is 286 g/mol. The molecule has 0 bridgehead atoms. The normalized spacial score (nSPS) is 10.1. The fourth-order valence-corrected chi connectivity index (χ4v) is 1.83. The minimum Gasteiger partial charge on any atom is -0.393 e. The molecule has 0 radical (unpaired) electrons. The Kier molecular flexibility index (Phi) is 4.13. The van der Waals surface area contributed by atoms with Crippen molar-refractivity contribution in [3.63, 3.8) is 0 Å². The highest BCUT2D eigenvalue weighted by Gasteiger charge is 2.22. The molecule has 0 fully saturated rings. The van der Waals surface area contributed by atoms with Gasteiger partial charge in [0.05, 0.1) is 4.92 Å². The molecule has 0 aliphatic heterocycles. The number of hydrogen-bond acceptors (Lipinski definition) is 5. The van der Waals surface area contributed by atoms with Crippen molar-refractivity contribution < 1.29 is 9.72 Å². The lowest BCUT2D eigenvalue weighted by atomic mass is 10.1. The van der Waals surface area contributed by atoms with Gasteiger partial charge in [-0.2, -0.15) is 0 Å². The van der Waals surface area contributed by atoms with Gasteiger partial charge in [-0.05, 0) is 30.7 Å². The summed E-state index contributed by atoms with van der Waals surface area (Å²) in [7, 11) is 0. The lowest BCUT2D eigenvalue weighted by Gasteiger charge is -2.07. The van der Waals surface area contributed by atoms with E-state index >= 15 is 0 Å². The van der Waals surface area contributed by atoms with Crippen molar-refractivity contribution in [1.82, 2.24) is 10.3 Å². The number of nitrogen functional groups attached to an aromatic ring is 1. The number of nitrogens with one attached hydrogen (secondary N) is 1. The molecule has 0 saturated heterocycles. The van der Waals surface area contributed by atoms with Crippen LogP contribution in [0.25, 0.3) is 0 Å². The van der Waals surface area contributed by atoms with Crippen molar-refractivity contribution in [2.45, 2.75) is 13.5 Å². The average molecular weight is 286 g/mol. The molecule has 108 valence electrons. The molecule has 0 aliphatic rings. The fourth-order valence-electron chi connectivity index (χ4n) is 1.83. The Morgan fingerprint density at radius 3 is 2.76 bits per heavy atom. The molecular formula is C14H14N4O3. The molecule has 7 heteroatoms. The number of nitro benzene ring substituents is 1. The molecule has 1 heterocycles. The van der Waals surface area contributed by atoms with Gasteiger partial charge in [0.15, 0.2) is 0 Å². The molecule has 1 aromatic heterocycles. The van der Waals surface area contributed by atoms with E-state index < -0.39 is 10.8 Å². The summed E-state index contributed by atoms with van der Waals surface area (Å²) in [6, 6.07) is 7.92. The summed E-state index contributed by atoms with van der Waals surface area (Å²) in [4.78, 5) is 26.5. The first kappa shape index (κ1) is 14.4. The zero-order valence-corrected chi connectivity index (χ0v) is 11.4.